The first kappa shape index (κ1) is 16.9. The van der Waals surface area contributed by atoms with Gasteiger partial charge in [-0.1, -0.05) is 11.6 Å². The van der Waals surface area contributed by atoms with E-state index in [2.05, 4.69) is 0 Å². The summed E-state index contributed by atoms with van der Waals surface area (Å²) in [5, 5.41) is 0.665. The second-order valence-corrected chi connectivity index (χ2v) is 5.44. The van der Waals surface area contributed by atoms with Crippen LogP contribution in [0, 0.1) is 0 Å². The summed E-state index contributed by atoms with van der Waals surface area (Å²) in [5.74, 6) is -0.172. The maximum atomic E-state index is 12.0. The molecule has 0 aliphatic rings. The third-order valence-corrected chi connectivity index (χ3v) is 3.78. The Bertz CT molecular complexity index is 450. The zero-order chi connectivity index (χ0) is 15.0. The molecule has 0 aromatic heterocycles. The molecule has 6 heteroatoms. The molecule has 1 aromatic rings. The van der Waals surface area contributed by atoms with Crippen molar-refractivity contribution in [3.63, 3.8) is 0 Å². The van der Waals surface area contributed by atoms with Crippen molar-refractivity contribution in [3.05, 3.63) is 29.3 Å². The Morgan fingerprint density at radius 1 is 1.25 bits per heavy atom. The molecule has 0 saturated heterocycles. The normalized spacial score (nSPS) is 10.2. The van der Waals surface area contributed by atoms with Gasteiger partial charge in [0.2, 0.25) is 5.91 Å². The zero-order valence-corrected chi connectivity index (χ0v) is 13.2. The Hall–Kier alpha value is -1.20. The summed E-state index contributed by atoms with van der Waals surface area (Å²) < 4.78 is 4.85. The van der Waals surface area contributed by atoms with Crippen molar-refractivity contribution < 1.29 is 14.3 Å². The van der Waals surface area contributed by atoms with Gasteiger partial charge in [0.25, 0.3) is 0 Å². The van der Waals surface area contributed by atoms with Gasteiger partial charge >= 0.3 is 5.97 Å². The first-order valence-electron chi connectivity index (χ1n) is 6.38. The Balaban J connectivity index is 2.46. The van der Waals surface area contributed by atoms with Gasteiger partial charge in [0.1, 0.15) is 6.54 Å². The number of carbonyl (C=O) groups excluding carboxylic acids is 2. The molecular weight excluding hydrogens is 298 g/mol. The van der Waals surface area contributed by atoms with Crippen LogP contribution in [0.15, 0.2) is 29.2 Å². The number of likely N-dealkylation sites (N-methyl/N-ethyl adjacent to an activating group) is 1. The summed E-state index contributed by atoms with van der Waals surface area (Å²) in [6.07, 6.45) is 0. The van der Waals surface area contributed by atoms with Crippen molar-refractivity contribution in [3.8, 4) is 0 Å². The number of hydrogen-bond donors (Lipinski definition) is 0. The van der Waals surface area contributed by atoms with Gasteiger partial charge in [-0.15, -0.1) is 11.8 Å². The third kappa shape index (κ3) is 5.84. The van der Waals surface area contributed by atoms with Crippen molar-refractivity contribution in [1.29, 1.82) is 0 Å². The fourth-order valence-corrected chi connectivity index (χ4v) is 2.43. The van der Waals surface area contributed by atoms with Crippen molar-refractivity contribution in [1.82, 2.24) is 4.90 Å². The molecule has 0 fully saturated rings. The van der Waals surface area contributed by atoms with E-state index >= 15 is 0 Å². The van der Waals surface area contributed by atoms with Gasteiger partial charge in [0, 0.05) is 16.5 Å². The van der Waals surface area contributed by atoms with Crippen LogP contribution >= 0.6 is 23.4 Å². The average molecular weight is 316 g/mol. The largest absolute Gasteiger partial charge is 0.465 e. The fraction of sp³-hybridized carbons (Fsp3) is 0.429. The molecule has 0 heterocycles. The molecule has 0 aliphatic heterocycles. The maximum Gasteiger partial charge on any atom is 0.325 e. The summed E-state index contributed by atoms with van der Waals surface area (Å²) >= 11 is 7.22. The number of halogens is 1. The summed E-state index contributed by atoms with van der Waals surface area (Å²) in [7, 11) is 0. The quantitative estimate of drug-likeness (QED) is 0.573. The lowest BCUT2D eigenvalue weighted by Gasteiger charge is -2.19. The van der Waals surface area contributed by atoms with E-state index < -0.39 is 0 Å². The molecule has 0 saturated carbocycles. The van der Waals surface area contributed by atoms with Crippen LogP contribution in [-0.2, 0) is 14.3 Å². The minimum Gasteiger partial charge on any atom is -0.465 e. The Kier molecular flexibility index (Phi) is 7.47. The number of esters is 1. The minimum absolute atomic E-state index is 0.00432. The first-order chi connectivity index (χ1) is 9.56. The van der Waals surface area contributed by atoms with Crippen molar-refractivity contribution in [2.45, 2.75) is 18.7 Å². The van der Waals surface area contributed by atoms with Gasteiger partial charge in [-0.3, -0.25) is 9.59 Å². The molecule has 110 valence electrons. The SMILES string of the molecule is CCOC(=O)CN(CC)C(=O)CSc1ccc(Cl)cc1. The summed E-state index contributed by atoms with van der Waals surface area (Å²) in [5.41, 5.74) is 0. The lowest BCUT2D eigenvalue weighted by molar-refractivity contribution is -0.148. The molecule has 0 radical (unpaired) electrons. The van der Waals surface area contributed by atoms with E-state index in [9.17, 15) is 9.59 Å². The lowest BCUT2D eigenvalue weighted by atomic mass is 10.4. The van der Waals surface area contributed by atoms with Crippen LogP contribution in [0.2, 0.25) is 5.02 Å². The van der Waals surface area contributed by atoms with Crippen LogP contribution in [0.1, 0.15) is 13.8 Å². The molecule has 0 spiro atoms. The van der Waals surface area contributed by atoms with Gasteiger partial charge in [-0.2, -0.15) is 0 Å². The predicted octanol–water partition coefficient (Wildman–Crippen LogP) is 2.84. The number of ether oxygens (including phenoxy) is 1. The van der Waals surface area contributed by atoms with Crippen molar-refractivity contribution in [2.75, 3.05) is 25.4 Å². The van der Waals surface area contributed by atoms with Crippen molar-refractivity contribution in [2.24, 2.45) is 0 Å². The number of nitrogens with zero attached hydrogens (tertiary/aromatic N) is 1. The third-order valence-electron chi connectivity index (χ3n) is 2.54. The summed E-state index contributed by atoms with van der Waals surface area (Å²) in [6, 6.07) is 7.29. The molecule has 0 atom stereocenters. The highest BCUT2D eigenvalue weighted by molar-refractivity contribution is 8.00. The van der Waals surface area contributed by atoms with Crippen LogP contribution in [0.5, 0.6) is 0 Å². The number of rotatable bonds is 7. The number of carbonyl (C=O) groups is 2. The number of benzene rings is 1. The monoisotopic (exact) mass is 315 g/mol. The van der Waals surface area contributed by atoms with Gasteiger partial charge in [0.15, 0.2) is 0 Å². The molecular formula is C14H18ClNO3S. The van der Waals surface area contributed by atoms with Crippen LogP contribution in [0.25, 0.3) is 0 Å². The minimum atomic E-state index is -0.376. The Morgan fingerprint density at radius 2 is 1.90 bits per heavy atom. The highest BCUT2D eigenvalue weighted by Gasteiger charge is 2.16. The zero-order valence-electron chi connectivity index (χ0n) is 11.6. The number of amides is 1. The second kappa shape index (κ2) is 8.87. The van der Waals surface area contributed by atoms with E-state index in [1.807, 2.05) is 19.1 Å². The van der Waals surface area contributed by atoms with Gasteiger partial charge in [-0.25, -0.2) is 0 Å². The molecule has 20 heavy (non-hydrogen) atoms. The molecule has 1 aromatic carbocycles. The van der Waals surface area contributed by atoms with Crippen LogP contribution < -0.4 is 0 Å². The standard InChI is InChI=1S/C14H18ClNO3S/c1-3-16(9-14(18)19-4-2)13(17)10-20-12-7-5-11(15)6-8-12/h5-8H,3-4,9-10H2,1-2H3. The molecule has 4 nitrogen and oxygen atoms in total. The van der Waals surface area contributed by atoms with Crippen LogP contribution in [0.3, 0.4) is 0 Å². The van der Waals surface area contributed by atoms with Gasteiger partial charge < -0.3 is 9.64 Å². The topological polar surface area (TPSA) is 46.6 Å². The molecule has 0 N–H and O–H groups in total. The molecule has 0 unspecified atom stereocenters. The molecule has 0 aliphatic carbocycles. The molecule has 1 amide bonds. The van der Waals surface area contributed by atoms with Crippen LogP contribution in [0.4, 0.5) is 0 Å². The average Bonchev–Trinajstić information content (AvgIpc) is 2.44. The highest BCUT2D eigenvalue weighted by Crippen LogP contribution is 2.20. The van der Waals surface area contributed by atoms with E-state index in [1.54, 1.807) is 19.1 Å². The van der Waals surface area contributed by atoms with E-state index in [1.165, 1.54) is 16.7 Å². The Labute approximate surface area is 128 Å². The van der Waals surface area contributed by atoms with Crippen LogP contribution in [-0.4, -0.2) is 42.2 Å². The van der Waals surface area contributed by atoms with E-state index in [0.29, 0.717) is 18.2 Å². The van der Waals surface area contributed by atoms with Gasteiger partial charge in [-0.05, 0) is 38.1 Å². The molecule has 1 rings (SSSR count). The predicted molar refractivity (Wildman–Crippen MR) is 81.1 cm³/mol. The first-order valence-corrected chi connectivity index (χ1v) is 7.75. The van der Waals surface area contributed by atoms with Crippen molar-refractivity contribution >= 4 is 35.2 Å². The lowest BCUT2D eigenvalue weighted by Crippen LogP contribution is -2.37. The summed E-state index contributed by atoms with van der Waals surface area (Å²) in [4.78, 5) is 25.9. The van der Waals surface area contributed by atoms with E-state index in [0.717, 1.165) is 4.90 Å². The smallest absolute Gasteiger partial charge is 0.325 e. The second-order valence-electron chi connectivity index (χ2n) is 3.96. The maximum absolute atomic E-state index is 12.0. The van der Waals surface area contributed by atoms with E-state index in [-0.39, 0.29) is 24.2 Å². The number of thioether (sulfide) groups is 1. The Morgan fingerprint density at radius 3 is 2.45 bits per heavy atom. The fourth-order valence-electron chi connectivity index (χ4n) is 1.51. The number of hydrogen-bond acceptors (Lipinski definition) is 4. The molecule has 0 bridgehead atoms. The van der Waals surface area contributed by atoms with E-state index in [4.69, 9.17) is 16.3 Å². The highest BCUT2D eigenvalue weighted by atomic mass is 35.5. The van der Waals surface area contributed by atoms with Gasteiger partial charge in [0.05, 0.1) is 12.4 Å². The summed E-state index contributed by atoms with van der Waals surface area (Å²) in [6.45, 7) is 4.39.